The van der Waals surface area contributed by atoms with Gasteiger partial charge in [0.05, 0.1) is 7.11 Å². The van der Waals surface area contributed by atoms with Crippen LogP contribution >= 0.6 is 0 Å². The van der Waals surface area contributed by atoms with E-state index in [1.165, 1.54) is 0 Å². The Hall–Kier alpha value is -1.45. The topological polar surface area (TPSA) is 26.3 Å². The van der Waals surface area contributed by atoms with Crippen LogP contribution in [0.4, 0.5) is 8.78 Å². The molecule has 0 bridgehead atoms. The minimum absolute atomic E-state index is 0.234. The second-order valence-corrected chi connectivity index (χ2v) is 3.99. The zero-order chi connectivity index (χ0) is 11.8. The van der Waals surface area contributed by atoms with E-state index in [0.717, 1.165) is 18.2 Å². The number of rotatable bonds is 2. The molecule has 0 aromatic heterocycles. The molecule has 0 heterocycles. The normalized spacial score (nSPS) is 15.9. The number of benzene rings is 1. The van der Waals surface area contributed by atoms with Crippen molar-refractivity contribution in [1.82, 2.24) is 0 Å². The van der Waals surface area contributed by atoms with Crippen molar-refractivity contribution < 1.29 is 18.3 Å². The molecule has 0 fully saturated rings. The zero-order valence-electron chi connectivity index (χ0n) is 8.87. The summed E-state index contributed by atoms with van der Waals surface area (Å²) in [7, 11) is 0.984. The van der Waals surface area contributed by atoms with E-state index in [4.69, 9.17) is 0 Å². The average molecular weight is 226 g/mol. The summed E-state index contributed by atoms with van der Waals surface area (Å²) in [6.45, 7) is 0. The summed E-state index contributed by atoms with van der Waals surface area (Å²) < 4.78 is 31.4. The summed E-state index contributed by atoms with van der Waals surface area (Å²) in [5.41, 5.74) is 1.80. The monoisotopic (exact) mass is 226 g/mol. The van der Waals surface area contributed by atoms with Gasteiger partial charge in [0.25, 0.3) is 0 Å². The van der Waals surface area contributed by atoms with Crippen LogP contribution in [0, 0.1) is 5.92 Å². The molecule has 1 aromatic carbocycles. The Bertz CT molecular complexity index is 390. The third-order valence-electron chi connectivity index (χ3n) is 3.02. The van der Waals surface area contributed by atoms with Crippen molar-refractivity contribution in [2.24, 2.45) is 5.92 Å². The summed E-state index contributed by atoms with van der Waals surface area (Å²) >= 11 is 0. The fourth-order valence-corrected chi connectivity index (χ4v) is 2.12. The number of methoxy groups -OCH3 is 1. The quantitative estimate of drug-likeness (QED) is 0.723. The van der Waals surface area contributed by atoms with Crippen LogP contribution in [-0.2, 0) is 22.4 Å². The smallest absolute Gasteiger partial charge is 0.377 e. The number of ether oxygens (including phenoxy) is 1. The number of carbonyl (C=O) groups is 1. The van der Waals surface area contributed by atoms with Crippen LogP contribution in [-0.4, -0.2) is 19.0 Å². The van der Waals surface area contributed by atoms with E-state index in [0.29, 0.717) is 0 Å². The van der Waals surface area contributed by atoms with E-state index >= 15 is 0 Å². The van der Waals surface area contributed by atoms with Gasteiger partial charge >= 0.3 is 11.9 Å². The van der Waals surface area contributed by atoms with Crippen molar-refractivity contribution in [2.45, 2.75) is 18.8 Å². The van der Waals surface area contributed by atoms with Gasteiger partial charge in [-0.2, -0.15) is 8.78 Å². The predicted molar refractivity (Wildman–Crippen MR) is 54.3 cm³/mol. The fraction of sp³-hybridized carbons (Fsp3) is 0.417. The Kier molecular flexibility index (Phi) is 2.66. The second-order valence-electron chi connectivity index (χ2n) is 3.99. The predicted octanol–water partition coefficient (Wildman–Crippen LogP) is 2.21. The minimum Gasteiger partial charge on any atom is -0.465 e. The maximum atomic E-state index is 13.6. The fourth-order valence-electron chi connectivity index (χ4n) is 2.12. The van der Waals surface area contributed by atoms with Crippen molar-refractivity contribution >= 4 is 5.97 Å². The van der Waals surface area contributed by atoms with Crippen LogP contribution in [0.15, 0.2) is 24.3 Å². The Morgan fingerprint density at radius 3 is 2.25 bits per heavy atom. The molecule has 0 atom stereocenters. The highest BCUT2D eigenvalue weighted by molar-refractivity contribution is 5.78. The van der Waals surface area contributed by atoms with Crippen molar-refractivity contribution in [2.75, 3.05) is 7.11 Å². The molecule has 1 aliphatic rings. The molecule has 0 saturated heterocycles. The highest BCUT2D eigenvalue weighted by atomic mass is 19.3. The van der Waals surface area contributed by atoms with E-state index in [9.17, 15) is 13.6 Å². The molecule has 86 valence electrons. The van der Waals surface area contributed by atoms with Crippen molar-refractivity contribution in [3.05, 3.63) is 35.4 Å². The third-order valence-corrected chi connectivity index (χ3v) is 3.02. The average Bonchev–Trinajstić information content (AvgIpc) is 2.72. The molecule has 2 rings (SSSR count). The summed E-state index contributed by atoms with van der Waals surface area (Å²) in [4.78, 5) is 11.0. The van der Waals surface area contributed by atoms with E-state index in [-0.39, 0.29) is 12.8 Å². The minimum atomic E-state index is -3.40. The van der Waals surface area contributed by atoms with Crippen LogP contribution in [0.5, 0.6) is 0 Å². The molecule has 2 nitrogen and oxygen atoms in total. The van der Waals surface area contributed by atoms with Crippen LogP contribution < -0.4 is 0 Å². The molecule has 0 aliphatic heterocycles. The standard InChI is InChI=1S/C12H12F2O2/c1-16-11(15)12(13,14)10-6-8-4-2-3-5-9(8)7-10/h2-5,10H,6-7H2,1H3. The first-order chi connectivity index (χ1) is 7.55. The number of hydrogen-bond donors (Lipinski definition) is 0. The molecule has 0 radical (unpaired) electrons. The van der Waals surface area contributed by atoms with Gasteiger partial charge in [-0.1, -0.05) is 24.3 Å². The highest BCUT2D eigenvalue weighted by Gasteiger charge is 2.50. The molecule has 0 amide bonds. The lowest BCUT2D eigenvalue weighted by Gasteiger charge is -2.19. The first kappa shape index (κ1) is 11.0. The summed E-state index contributed by atoms with van der Waals surface area (Å²) in [6, 6.07) is 7.28. The van der Waals surface area contributed by atoms with Crippen LogP contribution in [0.3, 0.4) is 0 Å². The number of fused-ring (bicyclic) bond motifs is 1. The van der Waals surface area contributed by atoms with Crippen LogP contribution in [0.25, 0.3) is 0 Å². The number of halogens is 2. The molecular formula is C12H12F2O2. The van der Waals surface area contributed by atoms with Gasteiger partial charge in [-0.3, -0.25) is 0 Å². The lowest BCUT2D eigenvalue weighted by Crippen LogP contribution is -2.38. The number of hydrogen-bond acceptors (Lipinski definition) is 2. The van der Waals surface area contributed by atoms with E-state index in [1.807, 2.05) is 24.3 Å². The SMILES string of the molecule is COC(=O)C(F)(F)C1Cc2ccccc2C1. The summed E-state index contributed by atoms with van der Waals surface area (Å²) in [5, 5.41) is 0. The van der Waals surface area contributed by atoms with Gasteiger partial charge < -0.3 is 4.74 Å². The molecular weight excluding hydrogens is 214 g/mol. The number of alkyl halides is 2. The molecule has 16 heavy (non-hydrogen) atoms. The van der Waals surface area contributed by atoms with E-state index in [2.05, 4.69) is 4.74 Å². The van der Waals surface area contributed by atoms with Crippen molar-refractivity contribution in [3.8, 4) is 0 Å². The van der Waals surface area contributed by atoms with Gasteiger partial charge in [0.15, 0.2) is 0 Å². The van der Waals surface area contributed by atoms with E-state index < -0.39 is 17.8 Å². The Morgan fingerprint density at radius 2 is 1.81 bits per heavy atom. The maximum Gasteiger partial charge on any atom is 0.377 e. The van der Waals surface area contributed by atoms with Gasteiger partial charge in [0.1, 0.15) is 0 Å². The van der Waals surface area contributed by atoms with Crippen LogP contribution in [0.1, 0.15) is 11.1 Å². The van der Waals surface area contributed by atoms with Crippen molar-refractivity contribution in [3.63, 3.8) is 0 Å². The summed E-state index contributed by atoms with van der Waals surface area (Å²) in [5.74, 6) is -5.81. The zero-order valence-corrected chi connectivity index (χ0v) is 8.87. The maximum absolute atomic E-state index is 13.6. The molecule has 1 aromatic rings. The van der Waals surface area contributed by atoms with Gasteiger partial charge in [-0.05, 0) is 24.0 Å². The molecule has 0 saturated carbocycles. The van der Waals surface area contributed by atoms with Crippen molar-refractivity contribution in [1.29, 1.82) is 0 Å². The number of carbonyl (C=O) groups excluding carboxylic acids is 1. The first-order valence-electron chi connectivity index (χ1n) is 5.08. The number of esters is 1. The highest BCUT2D eigenvalue weighted by Crippen LogP contribution is 2.37. The van der Waals surface area contributed by atoms with Gasteiger partial charge in [-0.15, -0.1) is 0 Å². The molecule has 4 heteroatoms. The largest absolute Gasteiger partial charge is 0.465 e. The van der Waals surface area contributed by atoms with Gasteiger partial charge in [0, 0.05) is 5.92 Å². The first-order valence-corrected chi connectivity index (χ1v) is 5.08. The Morgan fingerprint density at radius 1 is 1.31 bits per heavy atom. The van der Waals surface area contributed by atoms with Gasteiger partial charge in [-0.25, -0.2) is 4.79 Å². The second kappa shape index (κ2) is 3.85. The summed E-state index contributed by atoms with van der Waals surface area (Å²) in [6.07, 6.45) is 0.469. The lowest BCUT2D eigenvalue weighted by atomic mass is 9.98. The Balaban J connectivity index is 2.20. The lowest BCUT2D eigenvalue weighted by molar-refractivity contribution is -0.176. The van der Waals surface area contributed by atoms with Gasteiger partial charge in [0.2, 0.25) is 0 Å². The third kappa shape index (κ3) is 1.68. The van der Waals surface area contributed by atoms with E-state index in [1.54, 1.807) is 0 Å². The molecule has 0 unspecified atom stereocenters. The Labute approximate surface area is 92.2 Å². The molecule has 0 spiro atoms. The molecule has 1 aliphatic carbocycles. The van der Waals surface area contributed by atoms with Crippen LogP contribution in [0.2, 0.25) is 0 Å². The molecule has 0 N–H and O–H groups in total.